The standard InChI is InChI=1S/C19H29N3O2/c20-16-6-8-18(9-7-16)24-19(23)21-17-10-12-22(13-11-17)14-15-4-2-1-3-5-15/h1-5,16-18H,6-14,20H2,(H,21,23). The van der Waals surface area contributed by atoms with Crippen LogP contribution in [0.2, 0.25) is 0 Å². The number of carbonyl (C=O) groups is 1. The Labute approximate surface area is 144 Å². The summed E-state index contributed by atoms with van der Waals surface area (Å²) in [6.07, 6.45) is 5.45. The van der Waals surface area contributed by atoms with E-state index in [1.807, 2.05) is 6.07 Å². The molecule has 1 saturated heterocycles. The number of amides is 1. The van der Waals surface area contributed by atoms with E-state index in [1.165, 1.54) is 5.56 Å². The van der Waals surface area contributed by atoms with Crippen LogP contribution in [0.5, 0.6) is 0 Å². The molecule has 0 bridgehead atoms. The highest BCUT2D eigenvalue weighted by molar-refractivity contribution is 5.67. The molecule has 0 aromatic heterocycles. The van der Waals surface area contributed by atoms with Gasteiger partial charge in [0.2, 0.25) is 0 Å². The number of ether oxygens (including phenoxy) is 1. The zero-order chi connectivity index (χ0) is 16.8. The van der Waals surface area contributed by atoms with E-state index in [4.69, 9.17) is 10.5 Å². The molecule has 1 aromatic carbocycles. The average molecular weight is 331 g/mol. The van der Waals surface area contributed by atoms with E-state index < -0.39 is 0 Å². The number of benzene rings is 1. The van der Waals surface area contributed by atoms with Crippen LogP contribution >= 0.6 is 0 Å². The molecule has 0 atom stereocenters. The summed E-state index contributed by atoms with van der Waals surface area (Å²) in [4.78, 5) is 14.5. The molecule has 1 saturated carbocycles. The van der Waals surface area contributed by atoms with Crippen LogP contribution in [0, 0.1) is 0 Å². The van der Waals surface area contributed by atoms with Crippen LogP contribution in [0.1, 0.15) is 44.1 Å². The lowest BCUT2D eigenvalue weighted by Gasteiger charge is -2.33. The maximum Gasteiger partial charge on any atom is 0.407 e. The Morgan fingerprint density at radius 2 is 1.75 bits per heavy atom. The Bertz CT molecular complexity index is 507. The molecule has 1 amide bonds. The Hall–Kier alpha value is -1.59. The largest absolute Gasteiger partial charge is 0.446 e. The van der Waals surface area contributed by atoms with Crippen molar-refractivity contribution in [1.82, 2.24) is 10.2 Å². The zero-order valence-electron chi connectivity index (χ0n) is 14.3. The van der Waals surface area contributed by atoms with Gasteiger partial charge in [0.05, 0.1) is 0 Å². The molecule has 0 unspecified atom stereocenters. The topological polar surface area (TPSA) is 67.6 Å². The fourth-order valence-electron chi connectivity index (χ4n) is 3.64. The lowest BCUT2D eigenvalue weighted by molar-refractivity contribution is 0.0662. The van der Waals surface area contributed by atoms with Gasteiger partial charge in [0, 0.05) is 31.7 Å². The molecule has 132 valence electrons. The molecule has 5 nitrogen and oxygen atoms in total. The molecule has 2 fully saturated rings. The van der Waals surface area contributed by atoms with Crippen molar-refractivity contribution < 1.29 is 9.53 Å². The van der Waals surface area contributed by atoms with Gasteiger partial charge in [-0.05, 0) is 44.1 Å². The first-order valence-corrected chi connectivity index (χ1v) is 9.18. The van der Waals surface area contributed by atoms with Crippen LogP contribution in [-0.4, -0.2) is 42.3 Å². The summed E-state index contributed by atoms with van der Waals surface area (Å²) < 4.78 is 5.55. The molecular formula is C19H29N3O2. The van der Waals surface area contributed by atoms with E-state index in [9.17, 15) is 4.79 Å². The minimum atomic E-state index is -0.253. The minimum Gasteiger partial charge on any atom is -0.446 e. The molecule has 3 N–H and O–H groups in total. The number of nitrogens with two attached hydrogens (primary N) is 1. The van der Waals surface area contributed by atoms with Gasteiger partial charge in [0.1, 0.15) is 6.10 Å². The SMILES string of the molecule is NC1CCC(OC(=O)NC2CCN(Cc3ccccc3)CC2)CC1. The number of nitrogens with one attached hydrogen (secondary N) is 1. The Morgan fingerprint density at radius 1 is 1.08 bits per heavy atom. The van der Waals surface area contributed by atoms with E-state index in [-0.39, 0.29) is 24.3 Å². The number of piperidine rings is 1. The zero-order valence-corrected chi connectivity index (χ0v) is 14.3. The molecule has 1 aromatic rings. The van der Waals surface area contributed by atoms with Crippen molar-refractivity contribution in [2.75, 3.05) is 13.1 Å². The molecule has 1 aliphatic carbocycles. The molecule has 2 aliphatic rings. The molecule has 0 radical (unpaired) electrons. The third-order valence-electron chi connectivity index (χ3n) is 5.15. The second-order valence-corrected chi connectivity index (χ2v) is 7.12. The highest BCUT2D eigenvalue weighted by atomic mass is 16.6. The fraction of sp³-hybridized carbons (Fsp3) is 0.632. The van der Waals surface area contributed by atoms with Crippen LogP contribution in [-0.2, 0) is 11.3 Å². The number of nitrogens with zero attached hydrogens (tertiary/aromatic N) is 1. The summed E-state index contributed by atoms with van der Waals surface area (Å²) >= 11 is 0. The number of likely N-dealkylation sites (tertiary alicyclic amines) is 1. The predicted octanol–water partition coefficient (Wildman–Crippen LogP) is 2.65. The van der Waals surface area contributed by atoms with Crippen molar-refractivity contribution in [3.05, 3.63) is 35.9 Å². The molecule has 1 aliphatic heterocycles. The van der Waals surface area contributed by atoms with Crippen molar-refractivity contribution in [1.29, 1.82) is 0 Å². The molecule has 5 heteroatoms. The fourth-order valence-corrected chi connectivity index (χ4v) is 3.64. The van der Waals surface area contributed by atoms with Crippen molar-refractivity contribution in [3.63, 3.8) is 0 Å². The van der Waals surface area contributed by atoms with Gasteiger partial charge in [-0.25, -0.2) is 4.79 Å². The van der Waals surface area contributed by atoms with Gasteiger partial charge in [0.15, 0.2) is 0 Å². The van der Waals surface area contributed by atoms with Gasteiger partial charge in [-0.15, -0.1) is 0 Å². The van der Waals surface area contributed by atoms with Crippen LogP contribution in [0.3, 0.4) is 0 Å². The summed E-state index contributed by atoms with van der Waals surface area (Å²) in [5.74, 6) is 0. The van der Waals surface area contributed by atoms with Gasteiger partial charge in [-0.2, -0.15) is 0 Å². The normalized spacial score (nSPS) is 26.0. The summed E-state index contributed by atoms with van der Waals surface area (Å²) in [5.41, 5.74) is 7.23. The number of rotatable bonds is 4. The van der Waals surface area contributed by atoms with E-state index >= 15 is 0 Å². The third-order valence-corrected chi connectivity index (χ3v) is 5.15. The van der Waals surface area contributed by atoms with Gasteiger partial charge < -0.3 is 15.8 Å². The van der Waals surface area contributed by atoms with Crippen LogP contribution < -0.4 is 11.1 Å². The lowest BCUT2D eigenvalue weighted by atomic mass is 9.94. The molecule has 0 spiro atoms. The predicted molar refractivity (Wildman–Crippen MR) is 94.6 cm³/mol. The highest BCUT2D eigenvalue weighted by Gasteiger charge is 2.25. The summed E-state index contributed by atoms with van der Waals surface area (Å²) in [7, 11) is 0. The summed E-state index contributed by atoms with van der Waals surface area (Å²) in [6, 6.07) is 11.0. The van der Waals surface area contributed by atoms with Crippen molar-refractivity contribution in [3.8, 4) is 0 Å². The second kappa shape index (κ2) is 8.49. The van der Waals surface area contributed by atoms with Gasteiger partial charge >= 0.3 is 6.09 Å². The van der Waals surface area contributed by atoms with Crippen molar-refractivity contribution >= 4 is 6.09 Å². The van der Waals surface area contributed by atoms with Crippen LogP contribution in [0.25, 0.3) is 0 Å². The third kappa shape index (κ3) is 5.21. The number of hydrogen-bond acceptors (Lipinski definition) is 4. The van der Waals surface area contributed by atoms with E-state index in [2.05, 4.69) is 34.5 Å². The quantitative estimate of drug-likeness (QED) is 0.890. The second-order valence-electron chi connectivity index (χ2n) is 7.12. The maximum absolute atomic E-state index is 12.1. The molecule has 24 heavy (non-hydrogen) atoms. The molecule has 3 rings (SSSR count). The summed E-state index contributed by atoms with van der Waals surface area (Å²) in [5, 5.41) is 3.04. The number of alkyl carbamates (subject to hydrolysis) is 1. The highest BCUT2D eigenvalue weighted by Crippen LogP contribution is 2.20. The monoisotopic (exact) mass is 331 g/mol. The average Bonchev–Trinajstić information content (AvgIpc) is 2.60. The van der Waals surface area contributed by atoms with E-state index in [0.29, 0.717) is 0 Å². The minimum absolute atomic E-state index is 0.0444. The van der Waals surface area contributed by atoms with Crippen LogP contribution in [0.4, 0.5) is 4.79 Å². The van der Waals surface area contributed by atoms with Crippen LogP contribution in [0.15, 0.2) is 30.3 Å². The first-order chi connectivity index (χ1) is 11.7. The Morgan fingerprint density at radius 3 is 2.42 bits per heavy atom. The van der Waals surface area contributed by atoms with Gasteiger partial charge in [-0.3, -0.25) is 4.90 Å². The van der Waals surface area contributed by atoms with E-state index in [0.717, 1.165) is 58.2 Å². The van der Waals surface area contributed by atoms with Crippen molar-refractivity contribution in [2.45, 2.75) is 63.3 Å². The number of carbonyl (C=O) groups excluding carboxylic acids is 1. The first kappa shape index (κ1) is 17.2. The lowest BCUT2D eigenvalue weighted by Crippen LogP contribution is -2.45. The summed E-state index contributed by atoms with van der Waals surface area (Å²) in [6.45, 7) is 3.01. The van der Waals surface area contributed by atoms with Gasteiger partial charge in [0.25, 0.3) is 0 Å². The van der Waals surface area contributed by atoms with Crippen molar-refractivity contribution in [2.24, 2.45) is 5.73 Å². The van der Waals surface area contributed by atoms with E-state index in [1.54, 1.807) is 0 Å². The maximum atomic E-state index is 12.1. The van der Waals surface area contributed by atoms with Gasteiger partial charge in [-0.1, -0.05) is 30.3 Å². The smallest absolute Gasteiger partial charge is 0.407 e. The first-order valence-electron chi connectivity index (χ1n) is 9.18. The number of hydrogen-bond donors (Lipinski definition) is 2. The Kier molecular flexibility index (Phi) is 6.10. The molecule has 1 heterocycles. The Balaban J connectivity index is 1.35. The molecular weight excluding hydrogens is 302 g/mol.